The molecule has 3 saturated heterocycles. The maximum Gasteiger partial charge on any atom is 0.108 e. The van der Waals surface area contributed by atoms with E-state index < -0.39 is 24.4 Å². The molecule has 12 unspecified atom stereocenters. The number of nitrogens with two attached hydrogens (primary N) is 1. The smallest absolute Gasteiger partial charge is 0.108 e. The Morgan fingerprint density at radius 3 is 2.42 bits per heavy atom. The van der Waals surface area contributed by atoms with Gasteiger partial charge in [0.2, 0.25) is 0 Å². The molecule has 182 valence electrons. The minimum Gasteiger partial charge on any atom is -0.391 e. The van der Waals surface area contributed by atoms with Gasteiger partial charge in [-0.25, -0.2) is 0 Å². The van der Waals surface area contributed by atoms with E-state index in [9.17, 15) is 10.2 Å². The van der Waals surface area contributed by atoms with Crippen molar-refractivity contribution >= 4 is 0 Å². The summed E-state index contributed by atoms with van der Waals surface area (Å²) in [6, 6.07) is -0.488. The monoisotopic (exact) mass is 442 g/mol. The second-order valence-electron chi connectivity index (χ2n) is 10.8. The minimum atomic E-state index is -0.733. The summed E-state index contributed by atoms with van der Waals surface area (Å²) in [6.45, 7) is 13.8. The highest BCUT2D eigenvalue weighted by atomic mass is 16.5. The SMILES string of the molecule is CCCC1OC(C(C)C(C)(C)C2C(CC)OC3C(C)CNC3C2O)C(N)C(OC)C1O. The average molecular weight is 443 g/mol. The standard InChI is InChI=1S/C24H46N2O5/c1-8-10-15-19(27)23(29-7)17(25)22(31-15)13(4)24(5,6)16-14(9-2)30-21-12(3)11-26-18(21)20(16)28/h12-23,26-28H,8-11,25H2,1-7H3. The number of nitrogens with one attached hydrogen (secondary N) is 1. The lowest BCUT2D eigenvalue weighted by Crippen LogP contribution is -2.66. The van der Waals surface area contributed by atoms with Gasteiger partial charge in [0.1, 0.15) is 12.2 Å². The van der Waals surface area contributed by atoms with Crippen molar-refractivity contribution in [2.24, 2.45) is 28.9 Å². The van der Waals surface area contributed by atoms with Crippen LogP contribution in [-0.4, -0.2) is 78.7 Å². The van der Waals surface area contributed by atoms with Gasteiger partial charge in [-0.1, -0.05) is 48.0 Å². The van der Waals surface area contributed by atoms with E-state index in [0.717, 1.165) is 25.8 Å². The van der Waals surface area contributed by atoms with Crippen LogP contribution in [0.5, 0.6) is 0 Å². The Morgan fingerprint density at radius 1 is 1.16 bits per heavy atom. The summed E-state index contributed by atoms with van der Waals surface area (Å²) in [5, 5.41) is 25.7. The van der Waals surface area contributed by atoms with Crippen LogP contribution in [0.3, 0.4) is 0 Å². The van der Waals surface area contributed by atoms with Gasteiger partial charge in [-0.05, 0) is 30.1 Å². The second-order valence-corrected chi connectivity index (χ2v) is 10.8. The van der Waals surface area contributed by atoms with Gasteiger partial charge in [-0.3, -0.25) is 0 Å². The van der Waals surface area contributed by atoms with Crippen molar-refractivity contribution in [2.75, 3.05) is 13.7 Å². The molecule has 0 bridgehead atoms. The molecule has 0 aliphatic carbocycles. The molecule has 31 heavy (non-hydrogen) atoms. The summed E-state index contributed by atoms with van der Waals surface area (Å²) in [6.07, 6.45) is 0.279. The van der Waals surface area contributed by atoms with Crippen molar-refractivity contribution in [1.82, 2.24) is 5.32 Å². The number of rotatable bonds is 7. The Hall–Kier alpha value is -0.280. The Kier molecular flexibility index (Phi) is 8.11. The molecule has 3 rings (SSSR count). The number of fused-ring (bicyclic) bond motifs is 1. The highest BCUT2D eigenvalue weighted by Gasteiger charge is 2.57. The van der Waals surface area contributed by atoms with E-state index in [0.29, 0.717) is 5.92 Å². The predicted molar refractivity (Wildman–Crippen MR) is 121 cm³/mol. The summed E-state index contributed by atoms with van der Waals surface area (Å²) in [4.78, 5) is 0. The van der Waals surface area contributed by atoms with Crippen molar-refractivity contribution < 1.29 is 24.4 Å². The highest BCUT2D eigenvalue weighted by Crippen LogP contribution is 2.49. The lowest BCUT2D eigenvalue weighted by Gasteiger charge is -2.55. The Labute approximate surface area is 188 Å². The maximum atomic E-state index is 11.5. The first-order valence-corrected chi connectivity index (χ1v) is 12.3. The minimum absolute atomic E-state index is 0.0221. The number of hydrogen-bond donors (Lipinski definition) is 4. The maximum absolute atomic E-state index is 11.5. The van der Waals surface area contributed by atoms with Crippen LogP contribution < -0.4 is 11.1 Å². The number of ether oxygens (including phenoxy) is 3. The van der Waals surface area contributed by atoms with Crippen molar-refractivity contribution in [3.05, 3.63) is 0 Å². The van der Waals surface area contributed by atoms with Crippen LogP contribution in [-0.2, 0) is 14.2 Å². The molecule has 0 amide bonds. The van der Waals surface area contributed by atoms with E-state index in [2.05, 4.69) is 46.9 Å². The molecule has 3 aliphatic heterocycles. The first-order chi connectivity index (χ1) is 14.6. The molecule has 3 heterocycles. The summed E-state index contributed by atoms with van der Waals surface area (Å²) in [7, 11) is 1.61. The molecule has 0 spiro atoms. The second kappa shape index (κ2) is 9.92. The molecule has 7 nitrogen and oxygen atoms in total. The van der Waals surface area contributed by atoms with Crippen LogP contribution in [0, 0.1) is 23.2 Å². The number of methoxy groups -OCH3 is 1. The molecule has 3 aliphatic rings. The molecule has 5 N–H and O–H groups in total. The summed E-state index contributed by atoms with van der Waals surface area (Å²) in [5.41, 5.74) is 6.29. The van der Waals surface area contributed by atoms with Gasteiger partial charge in [-0.2, -0.15) is 0 Å². The summed E-state index contributed by atoms with van der Waals surface area (Å²) in [5.74, 6) is 0.364. The topological polar surface area (TPSA) is 106 Å². The zero-order valence-corrected chi connectivity index (χ0v) is 20.5. The Morgan fingerprint density at radius 2 is 1.84 bits per heavy atom. The number of aliphatic hydroxyl groups excluding tert-OH is 2. The van der Waals surface area contributed by atoms with Crippen LogP contribution in [0.2, 0.25) is 0 Å². The molecule has 0 radical (unpaired) electrons. The number of hydrogen-bond acceptors (Lipinski definition) is 7. The van der Waals surface area contributed by atoms with Crippen LogP contribution in [0.4, 0.5) is 0 Å². The third kappa shape index (κ3) is 4.44. The molecular weight excluding hydrogens is 396 g/mol. The summed E-state index contributed by atoms with van der Waals surface area (Å²) < 4.78 is 18.6. The van der Waals surface area contributed by atoms with Crippen LogP contribution in [0.25, 0.3) is 0 Å². The first-order valence-electron chi connectivity index (χ1n) is 12.3. The van der Waals surface area contributed by atoms with Gasteiger partial charge in [0, 0.05) is 19.6 Å². The third-order valence-corrected chi connectivity index (χ3v) is 8.64. The zero-order valence-electron chi connectivity index (χ0n) is 20.5. The quantitative estimate of drug-likeness (QED) is 0.475. The van der Waals surface area contributed by atoms with Gasteiger partial charge >= 0.3 is 0 Å². The zero-order chi connectivity index (χ0) is 23.1. The van der Waals surface area contributed by atoms with Gasteiger partial charge in [0.25, 0.3) is 0 Å². The lowest BCUT2D eigenvalue weighted by atomic mass is 9.60. The Bertz CT molecular complexity index is 590. The van der Waals surface area contributed by atoms with E-state index in [1.807, 2.05) is 0 Å². The molecule has 0 aromatic heterocycles. The predicted octanol–water partition coefficient (Wildman–Crippen LogP) is 1.68. The molecule has 12 atom stereocenters. The van der Waals surface area contributed by atoms with Crippen molar-refractivity contribution in [1.29, 1.82) is 0 Å². The fourth-order valence-corrected chi connectivity index (χ4v) is 6.44. The van der Waals surface area contributed by atoms with E-state index in [-0.39, 0.29) is 47.7 Å². The largest absolute Gasteiger partial charge is 0.391 e. The van der Waals surface area contributed by atoms with Crippen molar-refractivity contribution in [3.8, 4) is 0 Å². The fraction of sp³-hybridized carbons (Fsp3) is 1.00. The Balaban J connectivity index is 1.87. The van der Waals surface area contributed by atoms with Gasteiger partial charge in [0.15, 0.2) is 0 Å². The molecule has 0 aromatic carbocycles. The molecule has 3 fully saturated rings. The molecule has 0 saturated carbocycles. The highest BCUT2D eigenvalue weighted by molar-refractivity contribution is 5.08. The third-order valence-electron chi connectivity index (χ3n) is 8.64. The molecule has 7 heteroatoms. The molecule has 0 aromatic rings. The molecular formula is C24H46N2O5. The first kappa shape index (κ1) is 25.3. The average Bonchev–Trinajstić information content (AvgIpc) is 3.10. The van der Waals surface area contributed by atoms with Crippen molar-refractivity contribution in [3.63, 3.8) is 0 Å². The van der Waals surface area contributed by atoms with E-state index in [1.165, 1.54) is 0 Å². The van der Waals surface area contributed by atoms with Gasteiger partial charge in [-0.15, -0.1) is 0 Å². The van der Waals surface area contributed by atoms with E-state index in [4.69, 9.17) is 19.9 Å². The lowest BCUT2D eigenvalue weighted by molar-refractivity contribution is -0.229. The van der Waals surface area contributed by atoms with Gasteiger partial charge < -0.3 is 35.5 Å². The van der Waals surface area contributed by atoms with E-state index >= 15 is 0 Å². The van der Waals surface area contributed by atoms with Crippen LogP contribution in [0.15, 0.2) is 0 Å². The van der Waals surface area contributed by atoms with Crippen molar-refractivity contribution in [2.45, 2.75) is 116 Å². The summed E-state index contributed by atoms with van der Waals surface area (Å²) >= 11 is 0. The van der Waals surface area contributed by atoms with Crippen LogP contribution >= 0.6 is 0 Å². The normalized spacial score (nSPS) is 47.2. The number of aliphatic hydroxyl groups is 2. The fourth-order valence-electron chi connectivity index (χ4n) is 6.44. The van der Waals surface area contributed by atoms with E-state index in [1.54, 1.807) is 7.11 Å². The van der Waals surface area contributed by atoms with Crippen LogP contribution in [0.1, 0.15) is 60.8 Å². The van der Waals surface area contributed by atoms with Gasteiger partial charge in [0.05, 0.1) is 42.6 Å².